The number of hydrogen-bond donors (Lipinski definition) is 1. The van der Waals surface area contributed by atoms with Gasteiger partial charge in [0.2, 0.25) is 5.13 Å². The zero-order valence-corrected chi connectivity index (χ0v) is 17.5. The molecule has 2 aromatic rings. The van der Waals surface area contributed by atoms with E-state index in [9.17, 15) is 21.6 Å². The fourth-order valence-electron chi connectivity index (χ4n) is 4.10. The Bertz CT molecular complexity index is 1020. The van der Waals surface area contributed by atoms with Crippen molar-refractivity contribution in [2.45, 2.75) is 35.9 Å². The van der Waals surface area contributed by atoms with Gasteiger partial charge in [0, 0.05) is 36.1 Å². The third-order valence-electron chi connectivity index (χ3n) is 5.42. The molecule has 6 nitrogen and oxygen atoms in total. The van der Waals surface area contributed by atoms with Crippen LogP contribution in [0, 0.1) is 10.9 Å². The van der Waals surface area contributed by atoms with Crippen LogP contribution < -0.4 is 9.14 Å². The summed E-state index contributed by atoms with van der Waals surface area (Å²) in [6.07, 6.45) is 2.24. The van der Waals surface area contributed by atoms with Gasteiger partial charge in [-0.1, -0.05) is 11.3 Å². The second kappa shape index (κ2) is 7.60. The number of anilines is 2. The number of benzene rings is 1. The molecule has 4 rings (SSSR count). The van der Waals surface area contributed by atoms with Crippen LogP contribution in [0.5, 0.6) is 0 Å². The van der Waals surface area contributed by atoms with E-state index in [2.05, 4.69) is 15.2 Å². The van der Waals surface area contributed by atoms with Crippen LogP contribution in [0.1, 0.15) is 19.3 Å². The minimum absolute atomic E-state index is 0.224. The SMILES string of the molecule is O=S(=O)(c1ccc(NC[C@@]23CCCN2C[C@H](F)C3)cc1F)N(Cl)c1ncc(F)s1. The first-order chi connectivity index (χ1) is 13.7. The Hall–Kier alpha value is -1.56. The van der Waals surface area contributed by atoms with Crippen molar-refractivity contribution >= 4 is 44.0 Å². The molecule has 12 heteroatoms. The lowest BCUT2D eigenvalue weighted by atomic mass is 9.93. The summed E-state index contributed by atoms with van der Waals surface area (Å²) < 4.78 is 66.9. The number of hydrogen-bond acceptors (Lipinski definition) is 6. The van der Waals surface area contributed by atoms with E-state index >= 15 is 0 Å². The predicted octanol–water partition coefficient (Wildman–Crippen LogP) is 3.76. The molecule has 0 aliphatic carbocycles. The highest BCUT2D eigenvalue weighted by Crippen LogP contribution is 2.40. The molecule has 0 bridgehead atoms. The topological polar surface area (TPSA) is 65.5 Å². The Morgan fingerprint density at radius 3 is 2.90 bits per heavy atom. The van der Waals surface area contributed by atoms with E-state index in [-0.39, 0.29) is 14.5 Å². The Labute approximate surface area is 175 Å². The van der Waals surface area contributed by atoms with Gasteiger partial charge in [0.25, 0.3) is 10.0 Å². The van der Waals surface area contributed by atoms with Crippen molar-refractivity contribution in [3.05, 3.63) is 35.3 Å². The van der Waals surface area contributed by atoms with Crippen LogP contribution in [-0.4, -0.2) is 49.6 Å². The summed E-state index contributed by atoms with van der Waals surface area (Å²) in [6, 6.07) is 3.56. The Balaban J connectivity index is 1.51. The molecule has 0 spiro atoms. The standard InChI is InChI=1S/C17H18ClF3N4O2S2/c18-25(16-22-8-15(21)28-16)29(26,27)14-3-2-12(6-13(14)20)23-10-17-4-1-5-24(17)9-11(19)7-17/h2-3,6,8,11,23H,1,4-5,7,9-10H2/t11-,17+/m1/s1. The third kappa shape index (κ3) is 3.80. The van der Waals surface area contributed by atoms with Crippen molar-refractivity contribution in [3.8, 4) is 0 Å². The number of halogens is 4. The fraction of sp³-hybridized carbons (Fsp3) is 0.471. The summed E-state index contributed by atoms with van der Waals surface area (Å²) in [7, 11) is -4.46. The number of rotatable bonds is 6. The zero-order chi connectivity index (χ0) is 20.8. The molecule has 2 saturated heterocycles. The van der Waals surface area contributed by atoms with Crippen molar-refractivity contribution in [1.82, 2.24) is 9.88 Å². The lowest BCUT2D eigenvalue weighted by molar-refractivity contribution is 0.209. The molecule has 2 atom stereocenters. The van der Waals surface area contributed by atoms with Gasteiger partial charge in [-0.25, -0.2) is 13.8 Å². The Morgan fingerprint density at radius 1 is 1.41 bits per heavy atom. The average molecular weight is 467 g/mol. The quantitative estimate of drug-likeness (QED) is 0.657. The smallest absolute Gasteiger partial charge is 0.283 e. The van der Waals surface area contributed by atoms with E-state index < -0.39 is 32.0 Å². The van der Waals surface area contributed by atoms with Gasteiger partial charge in [-0.3, -0.25) is 4.90 Å². The summed E-state index contributed by atoms with van der Waals surface area (Å²) in [6.45, 7) is 1.70. The van der Waals surface area contributed by atoms with Gasteiger partial charge in [-0.15, -0.1) is 3.82 Å². The molecule has 2 aliphatic rings. The van der Waals surface area contributed by atoms with Crippen molar-refractivity contribution < 1.29 is 21.6 Å². The minimum atomic E-state index is -4.46. The number of aromatic nitrogens is 1. The summed E-state index contributed by atoms with van der Waals surface area (Å²) >= 11 is 6.21. The maximum absolute atomic E-state index is 14.6. The van der Waals surface area contributed by atoms with Gasteiger partial charge in [-0.05, 0) is 44.0 Å². The minimum Gasteiger partial charge on any atom is -0.383 e. The molecule has 2 aliphatic heterocycles. The summed E-state index contributed by atoms with van der Waals surface area (Å²) in [5, 5.41) is 2.06. The van der Waals surface area contributed by atoms with Crippen LogP contribution in [0.25, 0.3) is 0 Å². The maximum Gasteiger partial charge on any atom is 0.283 e. The lowest BCUT2D eigenvalue weighted by Crippen LogP contribution is -2.44. The van der Waals surface area contributed by atoms with Gasteiger partial charge < -0.3 is 5.32 Å². The first-order valence-electron chi connectivity index (χ1n) is 8.96. The van der Waals surface area contributed by atoms with E-state index in [1.54, 1.807) is 0 Å². The van der Waals surface area contributed by atoms with Gasteiger partial charge >= 0.3 is 0 Å². The normalized spacial score (nSPS) is 24.6. The molecule has 1 aromatic carbocycles. The highest BCUT2D eigenvalue weighted by molar-refractivity contribution is 7.94. The average Bonchev–Trinajstić information content (AvgIpc) is 3.33. The molecule has 0 saturated carbocycles. The molecule has 158 valence electrons. The molecule has 0 amide bonds. The molecule has 1 N–H and O–H groups in total. The van der Waals surface area contributed by atoms with Crippen molar-refractivity contribution in [2.24, 2.45) is 0 Å². The van der Waals surface area contributed by atoms with Gasteiger partial charge in [0.05, 0.1) is 6.20 Å². The van der Waals surface area contributed by atoms with Crippen LogP contribution in [0.3, 0.4) is 0 Å². The number of nitrogens with one attached hydrogen (secondary N) is 1. The second-order valence-corrected chi connectivity index (χ2v) is 10.5. The highest BCUT2D eigenvalue weighted by atomic mass is 35.5. The molecule has 0 radical (unpaired) electrons. The molecule has 3 heterocycles. The monoisotopic (exact) mass is 466 g/mol. The highest BCUT2D eigenvalue weighted by Gasteiger charge is 2.48. The summed E-state index contributed by atoms with van der Waals surface area (Å²) in [4.78, 5) is 5.02. The summed E-state index contributed by atoms with van der Waals surface area (Å²) in [5.41, 5.74) is 0.0917. The molecular formula is C17H18ClF3N4O2S2. The van der Waals surface area contributed by atoms with E-state index in [1.807, 2.05) is 0 Å². The Kier molecular flexibility index (Phi) is 5.43. The largest absolute Gasteiger partial charge is 0.383 e. The first-order valence-corrected chi connectivity index (χ1v) is 11.6. The van der Waals surface area contributed by atoms with Crippen molar-refractivity contribution in [2.75, 3.05) is 28.8 Å². The second-order valence-electron chi connectivity index (χ2n) is 7.24. The zero-order valence-electron chi connectivity index (χ0n) is 15.1. The molecule has 29 heavy (non-hydrogen) atoms. The van der Waals surface area contributed by atoms with Crippen LogP contribution in [0.2, 0.25) is 0 Å². The van der Waals surface area contributed by atoms with E-state index in [0.29, 0.717) is 36.5 Å². The molecule has 1 aromatic heterocycles. The summed E-state index contributed by atoms with van der Waals surface area (Å²) in [5.74, 6) is -1.01. The predicted molar refractivity (Wildman–Crippen MR) is 106 cm³/mol. The molecule has 2 fully saturated rings. The van der Waals surface area contributed by atoms with E-state index in [4.69, 9.17) is 11.8 Å². The number of alkyl halides is 1. The first kappa shape index (κ1) is 20.7. The van der Waals surface area contributed by atoms with Gasteiger partial charge in [0.1, 0.15) is 16.9 Å². The van der Waals surface area contributed by atoms with E-state index in [1.165, 1.54) is 6.07 Å². The number of thiazole rings is 1. The van der Waals surface area contributed by atoms with Gasteiger partial charge in [-0.2, -0.15) is 12.8 Å². The third-order valence-corrected chi connectivity index (χ3v) is 8.59. The van der Waals surface area contributed by atoms with E-state index in [0.717, 1.165) is 37.7 Å². The number of nitrogens with zero attached hydrogens (tertiary/aromatic N) is 3. The van der Waals surface area contributed by atoms with Crippen LogP contribution in [-0.2, 0) is 10.0 Å². The van der Waals surface area contributed by atoms with Crippen molar-refractivity contribution in [3.63, 3.8) is 0 Å². The molecular weight excluding hydrogens is 449 g/mol. The van der Waals surface area contributed by atoms with Crippen LogP contribution >= 0.6 is 23.1 Å². The lowest BCUT2D eigenvalue weighted by Gasteiger charge is -2.32. The van der Waals surface area contributed by atoms with Crippen molar-refractivity contribution in [1.29, 1.82) is 0 Å². The van der Waals surface area contributed by atoms with Crippen LogP contribution in [0.15, 0.2) is 29.3 Å². The Morgan fingerprint density at radius 2 is 2.21 bits per heavy atom. The maximum atomic E-state index is 14.6. The number of sulfonamides is 1. The molecule has 0 unspecified atom stereocenters. The number of fused-ring (bicyclic) bond motifs is 1. The fourth-order valence-corrected chi connectivity index (χ4v) is 6.31. The van der Waals surface area contributed by atoms with Gasteiger partial charge in [0.15, 0.2) is 5.13 Å². The van der Waals surface area contributed by atoms with Crippen LogP contribution in [0.4, 0.5) is 24.0 Å².